The van der Waals surface area contributed by atoms with Gasteiger partial charge in [0.25, 0.3) is 0 Å². The van der Waals surface area contributed by atoms with Crippen LogP contribution in [0.15, 0.2) is 12.4 Å². The van der Waals surface area contributed by atoms with E-state index in [9.17, 15) is 4.79 Å². The van der Waals surface area contributed by atoms with Crippen molar-refractivity contribution in [1.29, 1.82) is 0 Å². The van der Waals surface area contributed by atoms with Crippen molar-refractivity contribution in [3.63, 3.8) is 0 Å². The lowest BCUT2D eigenvalue weighted by atomic mass is 10.2. The molecule has 1 aliphatic rings. The number of rotatable bonds is 3. The fourth-order valence-corrected chi connectivity index (χ4v) is 1.74. The fraction of sp³-hybridized carbons (Fsp3) is 0.600. The topological polar surface area (TPSA) is 59.0 Å². The molecule has 2 rings (SSSR count). The monoisotopic (exact) mass is 244 g/mol. The number of amides is 1. The molecule has 1 aromatic heterocycles. The summed E-state index contributed by atoms with van der Waals surface area (Å²) < 4.78 is 1.79. The van der Waals surface area contributed by atoms with Crippen molar-refractivity contribution < 1.29 is 4.79 Å². The van der Waals surface area contributed by atoms with Gasteiger partial charge in [0.2, 0.25) is 5.91 Å². The predicted molar refractivity (Wildman–Crippen MR) is 64.8 cm³/mol. The first kappa shape index (κ1) is 13.0. The summed E-state index contributed by atoms with van der Waals surface area (Å²) in [6.45, 7) is 3.76. The molecule has 0 spiro atoms. The number of nitrogens with one attached hydrogen (secondary N) is 2. The third-order valence-corrected chi connectivity index (χ3v) is 2.60. The average Bonchev–Trinajstić information content (AvgIpc) is 2.87. The molecule has 0 bridgehead atoms. The maximum Gasteiger partial charge on any atom is 0.241 e. The van der Waals surface area contributed by atoms with Crippen LogP contribution in [0.4, 0.5) is 5.69 Å². The van der Waals surface area contributed by atoms with Crippen molar-refractivity contribution in [2.75, 3.05) is 11.9 Å². The second-order valence-electron chi connectivity index (χ2n) is 3.72. The predicted octanol–water partition coefficient (Wildman–Crippen LogP) is 1.02. The molecule has 1 aromatic rings. The molecule has 16 heavy (non-hydrogen) atoms. The molecule has 1 atom stereocenters. The minimum absolute atomic E-state index is 0. The van der Waals surface area contributed by atoms with Gasteiger partial charge in [-0.2, -0.15) is 5.10 Å². The summed E-state index contributed by atoms with van der Waals surface area (Å²) in [5, 5.41) is 10.1. The summed E-state index contributed by atoms with van der Waals surface area (Å²) >= 11 is 0. The first-order valence-electron chi connectivity index (χ1n) is 5.36. The number of carbonyl (C=O) groups is 1. The van der Waals surface area contributed by atoms with E-state index in [1.54, 1.807) is 10.9 Å². The van der Waals surface area contributed by atoms with Crippen LogP contribution in [-0.4, -0.2) is 28.3 Å². The highest BCUT2D eigenvalue weighted by molar-refractivity contribution is 5.94. The van der Waals surface area contributed by atoms with E-state index in [1.807, 2.05) is 13.1 Å². The van der Waals surface area contributed by atoms with Gasteiger partial charge in [-0.1, -0.05) is 0 Å². The van der Waals surface area contributed by atoms with Crippen molar-refractivity contribution >= 4 is 24.0 Å². The molecule has 0 aromatic carbocycles. The van der Waals surface area contributed by atoms with Crippen LogP contribution in [0.3, 0.4) is 0 Å². The van der Waals surface area contributed by atoms with Crippen LogP contribution in [0, 0.1) is 0 Å². The molecule has 2 N–H and O–H groups in total. The lowest BCUT2D eigenvalue weighted by Crippen LogP contribution is -2.35. The van der Waals surface area contributed by atoms with Crippen LogP contribution in [0.5, 0.6) is 0 Å². The number of hydrogen-bond acceptors (Lipinski definition) is 3. The van der Waals surface area contributed by atoms with Gasteiger partial charge in [0, 0.05) is 12.7 Å². The Morgan fingerprint density at radius 1 is 1.75 bits per heavy atom. The van der Waals surface area contributed by atoms with E-state index in [0.29, 0.717) is 0 Å². The van der Waals surface area contributed by atoms with Crippen LogP contribution >= 0.6 is 12.4 Å². The van der Waals surface area contributed by atoms with Gasteiger partial charge in [0.15, 0.2) is 0 Å². The van der Waals surface area contributed by atoms with E-state index in [2.05, 4.69) is 15.7 Å². The fourth-order valence-electron chi connectivity index (χ4n) is 1.74. The second kappa shape index (κ2) is 5.86. The van der Waals surface area contributed by atoms with E-state index in [0.717, 1.165) is 31.6 Å². The number of halogens is 1. The van der Waals surface area contributed by atoms with E-state index < -0.39 is 0 Å². The van der Waals surface area contributed by atoms with Crippen LogP contribution in [0.2, 0.25) is 0 Å². The number of aromatic nitrogens is 2. The number of aryl methyl sites for hydroxylation is 1. The van der Waals surface area contributed by atoms with Gasteiger partial charge >= 0.3 is 0 Å². The lowest BCUT2D eigenvalue weighted by Gasteiger charge is -2.08. The zero-order chi connectivity index (χ0) is 10.7. The van der Waals surface area contributed by atoms with E-state index in [4.69, 9.17) is 0 Å². The third kappa shape index (κ3) is 2.96. The Morgan fingerprint density at radius 3 is 3.12 bits per heavy atom. The van der Waals surface area contributed by atoms with E-state index >= 15 is 0 Å². The van der Waals surface area contributed by atoms with Crippen LogP contribution < -0.4 is 10.6 Å². The molecule has 1 saturated heterocycles. The smallest absolute Gasteiger partial charge is 0.241 e. The van der Waals surface area contributed by atoms with Gasteiger partial charge in [0.05, 0.1) is 17.9 Å². The number of carbonyl (C=O) groups excluding carboxylic acids is 1. The van der Waals surface area contributed by atoms with Gasteiger partial charge in [-0.25, -0.2) is 0 Å². The Labute approximate surface area is 101 Å². The van der Waals surface area contributed by atoms with E-state index in [1.165, 1.54) is 0 Å². The molecule has 6 heteroatoms. The summed E-state index contributed by atoms with van der Waals surface area (Å²) in [5.74, 6) is 0.0446. The van der Waals surface area contributed by atoms with Crippen LogP contribution in [0.1, 0.15) is 19.8 Å². The molecule has 1 amide bonds. The Bertz CT molecular complexity index is 346. The normalized spacial score (nSPS) is 19.2. The maximum atomic E-state index is 11.7. The molecule has 1 unspecified atom stereocenters. The van der Waals surface area contributed by atoms with Gasteiger partial charge in [-0.05, 0) is 26.3 Å². The molecule has 5 nitrogen and oxygen atoms in total. The summed E-state index contributed by atoms with van der Waals surface area (Å²) in [6.07, 6.45) is 5.52. The van der Waals surface area contributed by atoms with Crippen molar-refractivity contribution in [1.82, 2.24) is 15.1 Å². The first-order valence-corrected chi connectivity index (χ1v) is 5.36. The summed E-state index contributed by atoms with van der Waals surface area (Å²) in [7, 11) is 0. The van der Waals surface area contributed by atoms with Gasteiger partial charge in [-0.3, -0.25) is 9.48 Å². The maximum absolute atomic E-state index is 11.7. The molecular weight excluding hydrogens is 228 g/mol. The first-order chi connectivity index (χ1) is 7.29. The molecule has 1 fully saturated rings. The molecule has 2 heterocycles. The Morgan fingerprint density at radius 2 is 2.56 bits per heavy atom. The minimum Gasteiger partial charge on any atom is -0.322 e. The number of anilines is 1. The molecule has 90 valence electrons. The number of hydrogen-bond donors (Lipinski definition) is 2. The van der Waals surface area contributed by atoms with Crippen molar-refractivity contribution in [3.8, 4) is 0 Å². The van der Waals surface area contributed by atoms with E-state index in [-0.39, 0.29) is 24.4 Å². The Balaban J connectivity index is 0.00000128. The van der Waals surface area contributed by atoms with Gasteiger partial charge in [-0.15, -0.1) is 12.4 Å². The Kier molecular flexibility index (Phi) is 4.76. The second-order valence-corrected chi connectivity index (χ2v) is 3.72. The molecule has 0 radical (unpaired) electrons. The SMILES string of the molecule is CCn1cc(NC(=O)C2CCCN2)cn1.Cl. The van der Waals surface area contributed by atoms with Gasteiger partial charge in [0.1, 0.15) is 0 Å². The zero-order valence-electron chi connectivity index (χ0n) is 9.27. The Hall–Kier alpha value is -1.07. The van der Waals surface area contributed by atoms with Crippen molar-refractivity contribution in [3.05, 3.63) is 12.4 Å². The highest BCUT2D eigenvalue weighted by Crippen LogP contribution is 2.09. The standard InChI is InChI=1S/C10H16N4O.ClH/c1-2-14-7-8(6-12-14)13-10(15)9-4-3-5-11-9;/h6-7,9,11H,2-5H2,1H3,(H,13,15);1H. The number of nitrogens with zero attached hydrogens (tertiary/aromatic N) is 2. The van der Waals surface area contributed by atoms with Crippen LogP contribution in [-0.2, 0) is 11.3 Å². The molecule has 1 aliphatic heterocycles. The molecule has 0 aliphatic carbocycles. The quantitative estimate of drug-likeness (QED) is 0.835. The van der Waals surface area contributed by atoms with Crippen molar-refractivity contribution in [2.45, 2.75) is 32.4 Å². The largest absolute Gasteiger partial charge is 0.322 e. The zero-order valence-corrected chi connectivity index (χ0v) is 10.1. The third-order valence-electron chi connectivity index (χ3n) is 2.60. The van der Waals surface area contributed by atoms with Crippen molar-refractivity contribution in [2.24, 2.45) is 0 Å². The van der Waals surface area contributed by atoms with Gasteiger partial charge < -0.3 is 10.6 Å². The summed E-state index contributed by atoms with van der Waals surface area (Å²) in [4.78, 5) is 11.7. The van der Waals surface area contributed by atoms with Crippen LogP contribution in [0.25, 0.3) is 0 Å². The minimum atomic E-state index is -0.0324. The lowest BCUT2D eigenvalue weighted by molar-refractivity contribution is -0.117. The summed E-state index contributed by atoms with van der Waals surface area (Å²) in [6, 6.07) is -0.0324. The molecule has 0 saturated carbocycles. The molecular formula is C10H17ClN4O. The highest BCUT2D eigenvalue weighted by Gasteiger charge is 2.21. The average molecular weight is 245 g/mol. The highest BCUT2D eigenvalue weighted by atomic mass is 35.5. The summed E-state index contributed by atoms with van der Waals surface area (Å²) in [5.41, 5.74) is 0.774.